The number of amides is 1. The van der Waals surface area contributed by atoms with Gasteiger partial charge in [-0.1, -0.05) is 25.5 Å². The number of carbonyl (C=O) groups excluding carboxylic acids is 1. The van der Waals surface area contributed by atoms with Gasteiger partial charge in [-0.3, -0.25) is 4.79 Å². The Kier molecular flexibility index (Phi) is 5.53. The van der Waals surface area contributed by atoms with Crippen molar-refractivity contribution in [3.63, 3.8) is 0 Å². The number of benzene rings is 1. The number of nitrogens with two attached hydrogens (primary N) is 1. The third kappa shape index (κ3) is 4.47. The number of hydrogen-bond acceptors (Lipinski definition) is 2. The van der Waals surface area contributed by atoms with Crippen molar-refractivity contribution in [2.45, 2.75) is 39.7 Å². The van der Waals surface area contributed by atoms with E-state index in [2.05, 4.69) is 6.92 Å². The number of carbonyl (C=O) groups is 1. The Balaban J connectivity index is 2.60. The predicted octanol–water partition coefficient (Wildman–Crippen LogP) is 2.81. The fourth-order valence-corrected chi connectivity index (χ4v) is 1.77. The van der Waals surface area contributed by atoms with Gasteiger partial charge in [-0.2, -0.15) is 0 Å². The normalized spacial score (nSPS) is 10.2. The molecule has 0 heterocycles. The third-order valence-electron chi connectivity index (χ3n) is 2.80. The topological polar surface area (TPSA) is 46.3 Å². The standard InChI is InChI=1S/C14H22N2O/c1-3-5-9-14(17)16(4-2)11-12-7-6-8-13(15)10-12/h6-8,10H,3-5,9,11,15H2,1-2H3. The summed E-state index contributed by atoms with van der Waals surface area (Å²) >= 11 is 0. The first-order valence-electron chi connectivity index (χ1n) is 6.29. The maximum absolute atomic E-state index is 11.9. The molecule has 0 unspecified atom stereocenters. The summed E-state index contributed by atoms with van der Waals surface area (Å²) in [6.45, 7) is 5.51. The Labute approximate surface area is 104 Å². The molecule has 0 aliphatic heterocycles. The van der Waals surface area contributed by atoms with E-state index < -0.39 is 0 Å². The molecule has 17 heavy (non-hydrogen) atoms. The summed E-state index contributed by atoms with van der Waals surface area (Å²) in [6.07, 6.45) is 2.67. The highest BCUT2D eigenvalue weighted by Crippen LogP contribution is 2.11. The van der Waals surface area contributed by atoms with Gasteiger partial charge >= 0.3 is 0 Å². The van der Waals surface area contributed by atoms with Crippen LogP contribution in [0.15, 0.2) is 24.3 Å². The van der Waals surface area contributed by atoms with Gasteiger partial charge in [0.15, 0.2) is 0 Å². The number of hydrogen-bond donors (Lipinski definition) is 1. The van der Waals surface area contributed by atoms with Crippen LogP contribution >= 0.6 is 0 Å². The van der Waals surface area contributed by atoms with Crippen molar-refractivity contribution in [3.8, 4) is 0 Å². The van der Waals surface area contributed by atoms with Crippen molar-refractivity contribution < 1.29 is 4.79 Å². The SMILES string of the molecule is CCCCC(=O)N(CC)Cc1cccc(N)c1. The number of nitrogen functional groups attached to an aromatic ring is 1. The zero-order chi connectivity index (χ0) is 12.7. The van der Waals surface area contributed by atoms with E-state index in [-0.39, 0.29) is 5.91 Å². The molecular formula is C14H22N2O. The highest BCUT2D eigenvalue weighted by atomic mass is 16.2. The minimum absolute atomic E-state index is 0.233. The summed E-state index contributed by atoms with van der Waals surface area (Å²) < 4.78 is 0. The zero-order valence-electron chi connectivity index (χ0n) is 10.8. The fraction of sp³-hybridized carbons (Fsp3) is 0.500. The molecule has 94 valence electrons. The minimum atomic E-state index is 0.233. The fourth-order valence-electron chi connectivity index (χ4n) is 1.77. The lowest BCUT2D eigenvalue weighted by atomic mass is 10.1. The summed E-state index contributed by atoms with van der Waals surface area (Å²) in [5.41, 5.74) is 7.57. The molecule has 0 bridgehead atoms. The van der Waals surface area contributed by atoms with Crippen LogP contribution in [0.2, 0.25) is 0 Å². The van der Waals surface area contributed by atoms with Crippen LogP contribution in [0.4, 0.5) is 5.69 Å². The largest absolute Gasteiger partial charge is 0.399 e. The van der Waals surface area contributed by atoms with E-state index in [0.29, 0.717) is 13.0 Å². The van der Waals surface area contributed by atoms with Crippen molar-refractivity contribution in [1.82, 2.24) is 4.90 Å². The molecule has 0 atom stereocenters. The van der Waals surface area contributed by atoms with Crippen LogP contribution < -0.4 is 5.73 Å². The predicted molar refractivity (Wildman–Crippen MR) is 71.5 cm³/mol. The molecule has 0 saturated carbocycles. The zero-order valence-corrected chi connectivity index (χ0v) is 10.8. The highest BCUT2D eigenvalue weighted by molar-refractivity contribution is 5.76. The molecule has 0 saturated heterocycles. The quantitative estimate of drug-likeness (QED) is 0.769. The lowest BCUT2D eigenvalue weighted by molar-refractivity contribution is -0.131. The number of rotatable bonds is 6. The first-order chi connectivity index (χ1) is 8.17. The second-order valence-electron chi connectivity index (χ2n) is 4.26. The molecule has 1 aromatic carbocycles. The van der Waals surface area contributed by atoms with Crippen molar-refractivity contribution in [1.29, 1.82) is 0 Å². The average molecular weight is 234 g/mol. The molecule has 1 rings (SSSR count). The molecule has 0 aromatic heterocycles. The van der Waals surface area contributed by atoms with Crippen molar-refractivity contribution in [3.05, 3.63) is 29.8 Å². The van der Waals surface area contributed by atoms with Gasteiger partial charge in [0.2, 0.25) is 5.91 Å². The molecule has 0 aliphatic rings. The second-order valence-corrected chi connectivity index (χ2v) is 4.26. The molecule has 3 heteroatoms. The van der Waals surface area contributed by atoms with E-state index in [4.69, 9.17) is 5.73 Å². The molecule has 0 radical (unpaired) electrons. The van der Waals surface area contributed by atoms with Crippen LogP contribution in [0.5, 0.6) is 0 Å². The summed E-state index contributed by atoms with van der Waals surface area (Å²) in [7, 11) is 0. The van der Waals surface area contributed by atoms with Crippen LogP contribution in [0.1, 0.15) is 38.7 Å². The van der Waals surface area contributed by atoms with Gasteiger partial charge in [-0.25, -0.2) is 0 Å². The Bertz CT molecular complexity index is 363. The summed E-state index contributed by atoms with van der Waals surface area (Å²) in [6, 6.07) is 7.72. The molecular weight excluding hydrogens is 212 g/mol. The highest BCUT2D eigenvalue weighted by Gasteiger charge is 2.11. The van der Waals surface area contributed by atoms with E-state index in [9.17, 15) is 4.79 Å². The molecule has 0 fully saturated rings. The lowest BCUT2D eigenvalue weighted by Gasteiger charge is -2.21. The van der Waals surface area contributed by atoms with Crippen molar-refractivity contribution in [2.75, 3.05) is 12.3 Å². The molecule has 2 N–H and O–H groups in total. The molecule has 0 spiro atoms. The Morgan fingerprint density at radius 1 is 1.35 bits per heavy atom. The Hall–Kier alpha value is -1.51. The summed E-state index contributed by atoms with van der Waals surface area (Å²) in [5, 5.41) is 0. The minimum Gasteiger partial charge on any atom is -0.399 e. The van der Waals surface area contributed by atoms with Crippen LogP contribution in [-0.4, -0.2) is 17.4 Å². The maximum atomic E-state index is 11.9. The first-order valence-corrected chi connectivity index (χ1v) is 6.29. The smallest absolute Gasteiger partial charge is 0.222 e. The van der Waals surface area contributed by atoms with Gasteiger partial charge in [-0.15, -0.1) is 0 Å². The number of anilines is 1. The van der Waals surface area contributed by atoms with Crippen LogP contribution in [0.3, 0.4) is 0 Å². The van der Waals surface area contributed by atoms with Crippen molar-refractivity contribution >= 4 is 11.6 Å². The summed E-state index contributed by atoms with van der Waals surface area (Å²) in [4.78, 5) is 13.8. The van der Waals surface area contributed by atoms with E-state index in [0.717, 1.165) is 30.6 Å². The first kappa shape index (κ1) is 13.6. The van der Waals surface area contributed by atoms with Gasteiger partial charge < -0.3 is 10.6 Å². The van der Waals surface area contributed by atoms with Crippen LogP contribution in [0.25, 0.3) is 0 Å². The Morgan fingerprint density at radius 3 is 2.71 bits per heavy atom. The maximum Gasteiger partial charge on any atom is 0.222 e. The van der Waals surface area contributed by atoms with Gasteiger partial charge in [-0.05, 0) is 31.0 Å². The lowest BCUT2D eigenvalue weighted by Crippen LogP contribution is -2.30. The van der Waals surface area contributed by atoms with E-state index in [1.165, 1.54) is 0 Å². The van der Waals surface area contributed by atoms with E-state index in [1.54, 1.807) is 0 Å². The third-order valence-corrected chi connectivity index (χ3v) is 2.80. The van der Waals surface area contributed by atoms with Crippen LogP contribution in [-0.2, 0) is 11.3 Å². The van der Waals surface area contributed by atoms with Gasteiger partial charge in [0.05, 0.1) is 0 Å². The van der Waals surface area contributed by atoms with Gasteiger partial charge in [0, 0.05) is 25.2 Å². The monoisotopic (exact) mass is 234 g/mol. The number of nitrogens with zero attached hydrogens (tertiary/aromatic N) is 1. The average Bonchev–Trinajstić information content (AvgIpc) is 2.33. The molecule has 0 aliphatic carbocycles. The number of unbranched alkanes of at least 4 members (excludes halogenated alkanes) is 1. The van der Waals surface area contributed by atoms with E-state index >= 15 is 0 Å². The van der Waals surface area contributed by atoms with E-state index in [1.807, 2.05) is 36.1 Å². The van der Waals surface area contributed by atoms with Crippen molar-refractivity contribution in [2.24, 2.45) is 0 Å². The second kappa shape index (κ2) is 6.94. The molecule has 1 aromatic rings. The molecule has 1 amide bonds. The molecule has 3 nitrogen and oxygen atoms in total. The van der Waals surface area contributed by atoms with Gasteiger partial charge in [0.25, 0.3) is 0 Å². The van der Waals surface area contributed by atoms with Crippen LogP contribution in [0, 0.1) is 0 Å². The van der Waals surface area contributed by atoms with Gasteiger partial charge in [0.1, 0.15) is 0 Å². The summed E-state index contributed by atoms with van der Waals surface area (Å²) in [5.74, 6) is 0.233. The Morgan fingerprint density at radius 2 is 2.12 bits per heavy atom.